The van der Waals surface area contributed by atoms with Crippen molar-refractivity contribution in [2.45, 2.75) is 6.92 Å². The minimum absolute atomic E-state index is 0.402. The van der Waals surface area contributed by atoms with Crippen LogP contribution in [0.1, 0.15) is 5.56 Å². The Morgan fingerprint density at radius 2 is 1.61 bits per heavy atom. The van der Waals surface area contributed by atoms with Crippen molar-refractivity contribution in [2.24, 2.45) is 0 Å². The van der Waals surface area contributed by atoms with Crippen molar-refractivity contribution in [1.29, 1.82) is 0 Å². The third-order valence-electron chi connectivity index (χ3n) is 3.06. The van der Waals surface area contributed by atoms with Crippen LogP contribution in [0.5, 0.6) is 0 Å². The van der Waals surface area contributed by atoms with Crippen LogP contribution in [0.4, 0.5) is 23.1 Å². The van der Waals surface area contributed by atoms with E-state index in [1.54, 1.807) is 12.1 Å². The molecule has 2 aromatic carbocycles. The highest BCUT2D eigenvalue weighted by atomic mass is 35.5. The van der Waals surface area contributed by atoms with Gasteiger partial charge < -0.3 is 10.6 Å². The Hall–Kier alpha value is -2.37. The van der Waals surface area contributed by atoms with Crippen LogP contribution in [0.15, 0.2) is 48.7 Å². The molecule has 3 aromatic rings. The largest absolute Gasteiger partial charge is 0.339 e. The molecule has 3 rings (SSSR count). The maximum atomic E-state index is 6.00. The lowest BCUT2D eigenvalue weighted by molar-refractivity contribution is 0.982. The molecule has 0 amide bonds. The summed E-state index contributed by atoms with van der Waals surface area (Å²) in [5.41, 5.74) is 2.84. The zero-order chi connectivity index (χ0) is 16.2. The number of rotatable bonds is 4. The fourth-order valence-corrected chi connectivity index (χ4v) is 2.20. The second-order valence-corrected chi connectivity index (χ2v) is 5.72. The van der Waals surface area contributed by atoms with Gasteiger partial charge in [0, 0.05) is 11.4 Å². The molecular formula is C16H13Cl2N5. The number of benzene rings is 2. The topological polar surface area (TPSA) is 62.7 Å². The van der Waals surface area contributed by atoms with Gasteiger partial charge in [-0.15, -0.1) is 5.10 Å². The highest BCUT2D eigenvalue weighted by molar-refractivity contribution is 6.42. The van der Waals surface area contributed by atoms with Gasteiger partial charge >= 0.3 is 0 Å². The molecule has 0 aliphatic rings. The summed E-state index contributed by atoms with van der Waals surface area (Å²) >= 11 is 11.9. The van der Waals surface area contributed by atoms with Gasteiger partial charge in [0.15, 0.2) is 5.82 Å². The quantitative estimate of drug-likeness (QED) is 0.698. The van der Waals surface area contributed by atoms with Gasteiger partial charge in [0.1, 0.15) is 0 Å². The normalized spacial score (nSPS) is 10.4. The average Bonchev–Trinajstić information content (AvgIpc) is 2.54. The first-order chi connectivity index (χ1) is 11.1. The van der Waals surface area contributed by atoms with Crippen molar-refractivity contribution in [3.8, 4) is 0 Å². The lowest BCUT2D eigenvalue weighted by Crippen LogP contribution is -2.02. The number of aryl methyl sites for hydroxylation is 1. The summed E-state index contributed by atoms with van der Waals surface area (Å²) in [5, 5.41) is 15.1. The Morgan fingerprint density at radius 3 is 2.35 bits per heavy atom. The maximum absolute atomic E-state index is 6.00. The first-order valence-electron chi connectivity index (χ1n) is 6.86. The number of hydrogen-bond acceptors (Lipinski definition) is 5. The van der Waals surface area contributed by atoms with E-state index in [9.17, 15) is 0 Å². The van der Waals surface area contributed by atoms with E-state index in [1.807, 2.05) is 37.3 Å². The SMILES string of the molecule is Cc1ccc(Nc2nncc(Nc3ccc(Cl)c(Cl)c3)n2)cc1. The Labute approximate surface area is 143 Å². The zero-order valence-electron chi connectivity index (χ0n) is 12.2. The Bertz CT molecular complexity index is 821. The molecule has 7 heteroatoms. The van der Waals surface area contributed by atoms with E-state index in [0.29, 0.717) is 21.8 Å². The first kappa shape index (κ1) is 15.5. The molecule has 5 nitrogen and oxygen atoms in total. The van der Waals surface area contributed by atoms with Crippen molar-refractivity contribution < 1.29 is 0 Å². The highest BCUT2D eigenvalue weighted by Crippen LogP contribution is 2.26. The molecule has 0 radical (unpaired) electrons. The molecule has 0 atom stereocenters. The summed E-state index contributed by atoms with van der Waals surface area (Å²) in [6.45, 7) is 2.03. The van der Waals surface area contributed by atoms with Gasteiger partial charge in [-0.25, -0.2) is 0 Å². The van der Waals surface area contributed by atoms with E-state index in [4.69, 9.17) is 23.2 Å². The number of nitrogens with zero attached hydrogens (tertiary/aromatic N) is 3. The first-order valence-corrected chi connectivity index (χ1v) is 7.61. The summed E-state index contributed by atoms with van der Waals surface area (Å²) in [5.74, 6) is 0.951. The number of aromatic nitrogens is 3. The summed E-state index contributed by atoms with van der Waals surface area (Å²) in [4.78, 5) is 4.37. The highest BCUT2D eigenvalue weighted by Gasteiger charge is 2.04. The van der Waals surface area contributed by atoms with Crippen LogP contribution in [-0.2, 0) is 0 Å². The standard InChI is InChI=1S/C16H13Cl2N5/c1-10-2-4-11(5-3-10)21-16-22-15(9-19-23-16)20-12-6-7-13(17)14(18)8-12/h2-9H,1H3,(H2,20,21,22,23). The molecule has 0 bridgehead atoms. The molecule has 116 valence electrons. The van der Waals surface area contributed by atoms with Gasteiger partial charge in [-0.3, -0.25) is 0 Å². The van der Waals surface area contributed by atoms with Crippen LogP contribution >= 0.6 is 23.2 Å². The van der Waals surface area contributed by atoms with Gasteiger partial charge in [-0.2, -0.15) is 10.1 Å². The van der Waals surface area contributed by atoms with Gasteiger partial charge in [-0.05, 0) is 37.3 Å². The van der Waals surface area contributed by atoms with E-state index in [0.717, 1.165) is 11.4 Å². The number of nitrogens with one attached hydrogen (secondary N) is 2. The smallest absolute Gasteiger partial charge is 0.249 e. The number of anilines is 4. The lowest BCUT2D eigenvalue weighted by Gasteiger charge is -2.08. The Morgan fingerprint density at radius 1 is 0.870 bits per heavy atom. The average molecular weight is 346 g/mol. The fraction of sp³-hybridized carbons (Fsp3) is 0.0625. The lowest BCUT2D eigenvalue weighted by atomic mass is 10.2. The molecular weight excluding hydrogens is 333 g/mol. The van der Waals surface area contributed by atoms with Crippen LogP contribution in [0, 0.1) is 6.92 Å². The van der Waals surface area contributed by atoms with Gasteiger partial charge in [0.25, 0.3) is 0 Å². The molecule has 0 saturated carbocycles. The minimum Gasteiger partial charge on any atom is -0.339 e. The molecule has 0 aliphatic heterocycles. The molecule has 0 saturated heterocycles. The van der Waals surface area contributed by atoms with Crippen molar-refractivity contribution in [3.63, 3.8) is 0 Å². The Balaban J connectivity index is 1.76. The molecule has 0 unspecified atom stereocenters. The van der Waals surface area contributed by atoms with Crippen LogP contribution in [0.3, 0.4) is 0 Å². The maximum Gasteiger partial charge on any atom is 0.249 e. The van der Waals surface area contributed by atoms with Crippen molar-refractivity contribution >= 4 is 46.3 Å². The van der Waals surface area contributed by atoms with E-state index in [1.165, 1.54) is 11.8 Å². The third-order valence-corrected chi connectivity index (χ3v) is 3.80. The van der Waals surface area contributed by atoms with Crippen molar-refractivity contribution in [2.75, 3.05) is 10.6 Å². The summed E-state index contributed by atoms with van der Waals surface area (Å²) in [6.07, 6.45) is 1.53. The summed E-state index contributed by atoms with van der Waals surface area (Å²) in [6, 6.07) is 13.2. The second kappa shape index (κ2) is 6.81. The van der Waals surface area contributed by atoms with Crippen LogP contribution in [-0.4, -0.2) is 15.2 Å². The molecule has 0 aliphatic carbocycles. The van der Waals surface area contributed by atoms with E-state index < -0.39 is 0 Å². The monoisotopic (exact) mass is 345 g/mol. The molecule has 1 aromatic heterocycles. The molecule has 2 N–H and O–H groups in total. The fourth-order valence-electron chi connectivity index (χ4n) is 1.90. The molecule has 23 heavy (non-hydrogen) atoms. The van der Waals surface area contributed by atoms with Crippen molar-refractivity contribution in [1.82, 2.24) is 15.2 Å². The predicted octanol–water partition coefficient (Wildman–Crippen LogP) is 4.97. The Kier molecular flexibility index (Phi) is 4.60. The number of halogens is 2. The second-order valence-electron chi connectivity index (χ2n) is 4.91. The molecule has 0 spiro atoms. The molecule has 0 fully saturated rings. The van der Waals surface area contributed by atoms with Crippen LogP contribution in [0.25, 0.3) is 0 Å². The third kappa shape index (κ3) is 4.09. The zero-order valence-corrected chi connectivity index (χ0v) is 13.7. The van der Waals surface area contributed by atoms with Crippen LogP contribution < -0.4 is 10.6 Å². The summed E-state index contributed by atoms with van der Waals surface area (Å²) in [7, 11) is 0. The molecule has 1 heterocycles. The summed E-state index contributed by atoms with van der Waals surface area (Å²) < 4.78 is 0. The number of hydrogen-bond donors (Lipinski definition) is 2. The van der Waals surface area contributed by atoms with E-state index >= 15 is 0 Å². The van der Waals surface area contributed by atoms with E-state index in [-0.39, 0.29) is 0 Å². The van der Waals surface area contributed by atoms with Gasteiger partial charge in [-0.1, -0.05) is 40.9 Å². The van der Waals surface area contributed by atoms with Crippen LogP contribution in [0.2, 0.25) is 10.0 Å². The predicted molar refractivity (Wildman–Crippen MR) is 94.0 cm³/mol. The van der Waals surface area contributed by atoms with E-state index in [2.05, 4.69) is 25.8 Å². The minimum atomic E-state index is 0.402. The van der Waals surface area contributed by atoms with Crippen molar-refractivity contribution in [3.05, 3.63) is 64.3 Å². The van der Waals surface area contributed by atoms with Gasteiger partial charge in [0.05, 0.1) is 16.2 Å². The van der Waals surface area contributed by atoms with Gasteiger partial charge in [0.2, 0.25) is 5.95 Å².